The highest BCUT2D eigenvalue weighted by atomic mass is 19.3. The highest BCUT2D eigenvalue weighted by Gasteiger charge is 2.61. The van der Waals surface area contributed by atoms with Gasteiger partial charge in [0.2, 0.25) is 0 Å². The Morgan fingerprint density at radius 3 is 2.47 bits per heavy atom. The van der Waals surface area contributed by atoms with Crippen LogP contribution in [0.3, 0.4) is 0 Å². The van der Waals surface area contributed by atoms with Gasteiger partial charge in [0.1, 0.15) is 17.4 Å². The second-order valence-electron chi connectivity index (χ2n) is 9.60. The van der Waals surface area contributed by atoms with Crippen LogP contribution in [-0.4, -0.2) is 39.4 Å². The van der Waals surface area contributed by atoms with E-state index in [0.29, 0.717) is 36.3 Å². The van der Waals surface area contributed by atoms with Crippen LogP contribution in [0.15, 0.2) is 24.3 Å². The number of hydrogen-bond acceptors (Lipinski definition) is 4. The number of fused-ring (bicyclic) bond motifs is 1. The first-order valence-corrected chi connectivity index (χ1v) is 11.9. The van der Waals surface area contributed by atoms with Crippen LogP contribution in [0.1, 0.15) is 83.4 Å². The lowest BCUT2D eigenvalue weighted by atomic mass is 9.69. The maximum absolute atomic E-state index is 13.7. The van der Waals surface area contributed by atoms with E-state index in [0.717, 1.165) is 0 Å². The Morgan fingerprint density at radius 2 is 1.86 bits per heavy atom. The number of nitrogens with zero attached hydrogens (tertiary/aromatic N) is 1. The van der Waals surface area contributed by atoms with Gasteiger partial charge in [0.25, 0.3) is 23.5 Å². The average Bonchev–Trinajstić information content (AvgIpc) is 3.36. The van der Waals surface area contributed by atoms with Crippen molar-refractivity contribution in [1.29, 1.82) is 0 Å². The van der Waals surface area contributed by atoms with Crippen LogP contribution in [0.5, 0.6) is 0 Å². The smallest absolute Gasteiger partial charge is 0.293 e. The molecule has 1 aromatic heterocycles. The molecule has 0 spiro atoms. The van der Waals surface area contributed by atoms with Crippen LogP contribution in [0.25, 0.3) is 0 Å². The number of carbonyl (C=O) groups excluding carboxylic acids is 4. The molecule has 4 rings (SSSR count). The maximum atomic E-state index is 13.7. The third-order valence-electron chi connectivity index (χ3n) is 6.99. The minimum Gasteiger partial charge on any atom is -0.340 e. The van der Waals surface area contributed by atoms with E-state index in [2.05, 4.69) is 10.6 Å². The fourth-order valence-electron chi connectivity index (χ4n) is 5.28. The van der Waals surface area contributed by atoms with Crippen molar-refractivity contribution in [2.75, 3.05) is 5.32 Å². The fourth-order valence-corrected chi connectivity index (χ4v) is 5.28. The zero-order chi connectivity index (χ0) is 26.4. The van der Waals surface area contributed by atoms with Gasteiger partial charge in [0.05, 0.1) is 5.56 Å². The third kappa shape index (κ3) is 4.44. The molecule has 1 saturated carbocycles. The zero-order valence-electron chi connectivity index (χ0n) is 20.3. The van der Waals surface area contributed by atoms with Crippen LogP contribution < -0.4 is 10.6 Å². The molecule has 1 aliphatic carbocycles. The van der Waals surface area contributed by atoms with Gasteiger partial charge in [-0.1, -0.05) is 19.1 Å². The van der Waals surface area contributed by atoms with Crippen molar-refractivity contribution in [3.63, 3.8) is 0 Å². The Hall–Kier alpha value is -3.43. The highest BCUT2D eigenvalue weighted by molar-refractivity contribution is 6.44. The summed E-state index contributed by atoms with van der Waals surface area (Å²) < 4.78 is 42.6. The second-order valence-corrected chi connectivity index (χ2v) is 9.60. The van der Waals surface area contributed by atoms with E-state index < -0.39 is 53.9 Å². The van der Waals surface area contributed by atoms with Gasteiger partial charge in [0, 0.05) is 37.2 Å². The van der Waals surface area contributed by atoms with Crippen LogP contribution in [0.4, 0.5) is 18.9 Å². The van der Waals surface area contributed by atoms with Crippen molar-refractivity contribution in [3.8, 4) is 0 Å². The molecule has 1 aromatic carbocycles. The highest BCUT2D eigenvalue weighted by Crippen LogP contribution is 2.46. The Balaban J connectivity index is 1.61. The molecule has 0 bridgehead atoms. The van der Waals surface area contributed by atoms with Gasteiger partial charge in [-0.25, -0.2) is 13.2 Å². The molecule has 2 aromatic rings. The second kappa shape index (κ2) is 9.22. The quantitative estimate of drug-likeness (QED) is 0.410. The van der Waals surface area contributed by atoms with E-state index in [-0.39, 0.29) is 23.2 Å². The molecular formula is C26H28F3N3O4. The molecule has 2 N–H and O–H groups in total. The standard InChI is InChI=1S/C26H28F3N3O4/c1-4-19(33)25(12-26(28,29)13-25)31-24(36)22(34)20-14(2)21(32-10-6-9-18(20)32)23(35)30-17-8-5-7-16(11-17)15(3)27/h5,7-8,11,15H,4,6,9-10,12-13H2,1-3H3,(H,30,35)(H,31,36). The summed E-state index contributed by atoms with van der Waals surface area (Å²) in [7, 11) is 0. The van der Waals surface area contributed by atoms with Crippen LogP contribution in [0.2, 0.25) is 0 Å². The number of carbonyl (C=O) groups is 4. The normalized spacial score (nSPS) is 18.1. The van der Waals surface area contributed by atoms with Crippen molar-refractivity contribution in [3.05, 3.63) is 52.3 Å². The largest absolute Gasteiger partial charge is 0.340 e. The number of nitrogens with one attached hydrogen (secondary N) is 2. The summed E-state index contributed by atoms with van der Waals surface area (Å²) >= 11 is 0. The molecule has 2 heterocycles. The topological polar surface area (TPSA) is 97.3 Å². The van der Waals surface area contributed by atoms with Gasteiger partial charge in [-0.2, -0.15) is 0 Å². The maximum Gasteiger partial charge on any atom is 0.293 e. The zero-order valence-corrected chi connectivity index (χ0v) is 20.3. The lowest BCUT2D eigenvalue weighted by Gasteiger charge is -2.46. The minimum absolute atomic E-state index is 0.0477. The molecule has 36 heavy (non-hydrogen) atoms. The van der Waals surface area contributed by atoms with Gasteiger partial charge in [-0.15, -0.1) is 0 Å². The van der Waals surface area contributed by atoms with Crippen molar-refractivity contribution >= 4 is 29.1 Å². The molecule has 1 fully saturated rings. The molecule has 0 radical (unpaired) electrons. The number of alkyl halides is 3. The molecule has 1 atom stereocenters. The van der Waals surface area contributed by atoms with Crippen molar-refractivity contribution < 1.29 is 32.3 Å². The molecule has 7 nitrogen and oxygen atoms in total. The number of ketones is 2. The molecule has 1 aliphatic heterocycles. The van der Waals surface area contributed by atoms with Gasteiger partial charge in [-0.05, 0) is 49.9 Å². The average molecular weight is 504 g/mol. The van der Waals surface area contributed by atoms with E-state index >= 15 is 0 Å². The Morgan fingerprint density at radius 1 is 1.17 bits per heavy atom. The van der Waals surface area contributed by atoms with E-state index in [9.17, 15) is 32.3 Å². The summed E-state index contributed by atoms with van der Waals surface area (Å²) in [5, 5.41) is 5.01. The summed E-state index contributed by atoms with van der Waals surface area (Å²) in [6.07, 6.45) is -1.86. The van der Waals surface area contributed by atoms with Crippen molar-refractivity contribution in [2.45, 2.75) is 77.1 Å². The van der Waals surface area contributed by atoms with Crippen LogP contribution >= 0.6 is 0 Å². The number of benzene rings is 1. The number of anilines is 1. The number of hydrogen-bond donors (Lipinski definition) is 2. The predicted molar refractivity (Wildman–Crippen MR) is 126 cm³/mol. The molecule has 10 heteroatoms. The number of Topliss-reactive ketones (excluding diaryl/α,β-unsaturated/α-hetero) is 2. The van der Waals surface area contributed by atoms with E-state index in [1.165, 1.54) is 19.9 Å². The Labute approximate surface area is 206 Å². The first-order chi connectivity index (χ1) is 16.9. The number of amides is 2. The van der Waals surface area contributed by atoms with E-state index in [4.69, 9.17) is 0 Å². The summed E-state index contributed by atoms with van der Waals surface area (Å²) in [5.41, 5.74) is 0.0611. The first-order valence-electron chi connectivity index (χ1n) is 11.9. The van der Waals surface area contributed by atoms with Gasteiger partial charge >= 0.3 is 0 Å². The molecule has 2 aliphatic rings. The molecule has 1 unspecified atom stereocenters. The van der Waals surface area contributed by atoms with Gasteiger partial charge in [0.15, 0.2) is 5.78 Å². The lowest BCUT2D eigenvalue weighted by molar-refractivity contribution is -0.163. The number of halogens is 3. The van der Waals surface area contributed by atoms with E-state index in [1.54, 1.807) is 29.7 Å². The van der Waals surface area contributed by atoms with Crippen molar-refractivity contribution in [2.24, 2.45) is 0 Å². The molecule has 0 saturated heterocycles. The molecule has 192 valence electrons. The van der Waals surface area contributed by atoms with Gasteiger partial charge < -0.3 is 15.2 Å². The molecular weight excluding hydrogens is 475 g/mol. The van der Waals surface area contributed by atoms with Crippen LogP contribution in [-0.2, 0) is 22.6 Å². The summed E-state index contributed by atoms with van der Waals surface area (Å²) in [6.45, 7) is 4.90. The van der Waals surface area contributed by atoms with Crippen molar-refractivity contribution in [1.82, 2.24) is 9.88 Å². The lowest BCUT2D eigenvalue weighted by Crippen LogP contribution is -2.67. The van der Waals surface area contributed by atoms with E-state index in [1.807, 2.05) is 0 Å². The molecule has 2 amide bonds. The Kier molecular flexibility index (Phi) is 6.57. The predicted octanol–water partition coefficient (Wildman–Crippen LogP) is 4.47. The van der Waals surface area contributed by atoms with Crippen LogP contribution in [0, 0.1) is 6.92 Å². The summed E-state index contributed by atoms with van der Waals surface area (Å²) in [6, 6.07) is 6.35. The number of aromatic nitrogens is 1. The summed E-state index contributed by atoms with van der Waals surface area (Å²) in [5.74, 6) is -6.28. The Bertz CT molecular complexity index is 1260. The fraction of sp³-hybridized carbons (Fsp3) is 0.462. The monoisotopic (exact) mass is 503 g/mol. The minimum atomic E-state index is -3.09. The van der Waals surface area contributed by atoms with Gasteiger partial charge in [-0.3, -0.25) is 19.2 Å². The summed E-state index contributed by atoms with van der Waals surface area (Å²) in [4.78, 5) is 51.7. The first kappa shape index (κ1) is 25.7. The SMILES string of the molecule is CCC(=O)C1(NC(=O)C(=O)c2c(C)c(C(=O)Nc3cccc(C(C)F)c3)n3c2CCC3)CC(F)(F)C1. The number of rotatable bonds is 8. The third-order valence-corrected chi connectivity index (χ3v) is 6.99.